The zero-order valence-electron chi connectivity index (χ0n) is 9.11. The molecule has 0 aliphatic rings. The van der Waals surface area contributed by atoms with E-state index in [0.29, 0.717) is 22.6 Å². The van der Waals surface area contributed by atoms with Gasteiger partial charge in [-0.2, -0.15) is 0 Å². The number of nitrogens with one attached hydrogen (secondary N) is 1. The van der Waals surface area contributed by atoms with E-state index in [2.05, 4.69) is 19.9 Å². The number of aromatic nitrogens is 4. The molecule has 0 radical (unpaired) electrons. The molecule has 17 heavy (non-hydrogen) atoms. The van der Waals surface area contributed by atoms with Crippen LogP contribution >= 0.6 is 0 Å². The Morgan fingerprint density at radius 2 is 2.18 bits per heavy atom. The minimum atomic E-state index is -0.294. The summed E-state index contributed by atoms with van der Waals surface area (Å²) in [5, 5.41) is 0. The number of halogens is 1. The number of aromatic amines is 1. The van der Waals surface area contributed by atoms with Crippen LogP contribution in [0.1, 0.15) is 5.56 Å². The number of imidazole rings is 1. The molecule has 4 nitrogen and oxygen atoms in total. The number of fused-ring (bicyclic) bond motifs is 1. The summed E-state index contributed by atoms with van der Waals surface area (Å²) in [4.78, 5) is 15.1. The molecule has 0 atom stereocenters. The number of hydrogen-bond donors (Lipinski definition) is 1. The van der Waals surface area contributed by atoms with Crippen LogP contribution < -0.4 is 0 Å². The number of hydrogen-bond acceptors (Lipinski definition) is 3. The van der Waals surface area contributed by atoms with Crippen LogP contribution in [0.3, 0.4) is 0 Å². The first-order chi connectivity index (χ1) is 8.24. The van der Waals surface area contributed by atoms with Gasteiger partial charge in [-0.3, -0.25) is 0 Å². The quantitative estimate of drug-likeness (QED) is 0.696. The topological polar surface area (TPSA) is 54.5 Å². The number of aryl methyl sites for hydroxylation is 1. The van der Waals surface area contributed by atoms with E-state index in [1.54, 1.807) is 12.3 Å². The SMILES string of the molecule is Cc1ccc(-c2nc3ncncc3[nH]2)c(F)c1. The Bertz CT molecular complexity index is 657. The van der Waals surface area contributed by atoms with E-state index in [4.69, 9.17) is 0 Å². The zero-order chi connectivity index (χ0) is 11.8. The number of H-pyrrole nitrogens is 1. The Kier molecular flexibility index (Phi) is 2.11. The summed E-state index contributed by atoms with van der Waals surface area (Å²) in [5.41, 5.74) is 2.55. The molecule has 2 aromatic heterocycles. The summed E-state index contributed by atoms with van der Waals surface area (Å²) in [6, 6.07) is 5.03. The van der Waals surface area contributed by atoms with E-state index < -0.39 is 0 Å². The second kappa shape index (κ2) is 3.62. The van der Waals surface area contributed by atoms with Crippen LogP contribution in [0.25, 0.3) is 22.6 Å². The van der Waals surface area contributed by atoms with Gasteiger partial charge in [0.05, 0.1) is 11.8 Å². The van der Waals surface area contributed by atoms with Crippen molar-refractivity contribution in [2.75, 3.05) is 0 Å². The fourth-order valence-corrected chi connectivity index (χ4v) is 1.70. The van der Waals surface area contributed by atoms with Gasteiger partial charge in [0.1, 0.15) is 23.5 Å². The molecule has 0 aliphatic carbocycles. The van der Waals surface area contributed by atoms with E-state index in [0.717, 1.165) is 5.56 Å². The normalized spacial score (nSPS) is 10.9. The Morgan fingerprint density at radius 1 is 1.29 bits per heavy atom. The maximum atomic E-state index is 13.8. The van der Waals surface area contributed by atoms with Gasteiger partial charge in [0.2, 0.25) is 0 Å². The van der Waals surface area contributed by atoms with Gasteiger partial charge >= 0.3 is 0 Å². The molecule has 2 heterocycles. The molecule has 3 rings (SSSR count). The van der Waals surface area contributed by atoms with Crippen LogP contribution in [0.5, 0.6) is 0 Å². The Labute approximate surface area is 96.6 Å². The molecule has 0 spiro atoms. The highest BCUT2D eigenvalue weighted by molar-refractivity contribution is 5.74. The molecule has 1 aromatic carbocycles. The molecule has 0 saturated carbocycles. The first-order valence-corrected chi connectivity index (χ1v) is 5.16. The van der Waals surface area contributed by atoms with Crippen molar-refractivity contribution in [3.05, 3.63) is 42.1 Å². The standard InChI is InChI=1S/C12H9FN4/c1-7-2-3-8(9(13)4-7)11-16-10-5-14-6-15-12(10)17-11/h2-6H,1H3,(H,14,15,16,17). The highest BCUT2D eigenvalue weighted by Gasteiger charge is 2.10. The van der Waals surface area contributed by atoms with E-state index in [1.807, 2.05) is 13.0 Å². The van der Waals surface area contributed by atoms with Crippen molar-refractivity contribution in [3.63, 3.8) is 0 Å². The second-order valence-corrected chi connectivity index (χ2v) is 3.83. The van der Waals surface area contributed by atoms with Gasteiger partial charge in [-0.05, 0) is 24.6 Å². The Morgan fingerprint density at radius 3 is 2.94 bits per heavy atom. The average molecular weight is 228 g/mol. The van der Waals surface area contributed by atoms with Crippen molar-refractivity contribution in [3.8, 4) is 11.4 Å². The highest BCUT2D eigenvalue weighted by atomic mass is 19.1. The highest BCUT2D eigenvalue weighted by Crippen LogP contribution is 2.22. The Hall–Kier alpha value is -2.30. The first-order valence-electron chi connectivity index (χ1n) is 5.16. The predicted molar refractivity (Wildman–Crippen MR) is 61.8 cm³/mol. The third kappa shape index (κ3) is 1.65. The number of nitrogens with zero attached hydrogens (tertiary/aromatic N) is 3. The van der Waals surface area contributed by atoms with Crippen molar-refractivity contribution in [1.82, 2.24) is 19.9 Å². The van der Waals surface area contributed by atoms with Crippen molar-refractivity contribution < 1.29 is 4.39 Å². The van der Waals surface area contributed by atoms with E-state index >= 15 is 0 Å². The van der Waals surface area contributed by atoms with Crippen LogP contribution in [0.15, 0.2) is 30.7 Å². The summed E-state index contributed by atoms with van der Waals surface area (Å²) in [5.74, 6) is 0.176. The molecular formula is C12H9FN4. The molecule has 0 unspecified atom stereocenters. The fraction of sp³-hybridized carbons (Fsp3) is 0.0833. The van der Waals surface area contributed by atoms with Crippen molar-refractivity contribution in [1.29, 1.82) is 0 Å². The molecule has 1 N–H and O–H groups in total. The predicted octanol–water partition coefficient (Wildman–Crippen LogP) is 2.47. The van der Waals surface area contributed by atoms with Crippen molar-refractivity contribution >= 4 is 11.2 Å². The molecular weight excluding hydrogens is 219 g/mol. The molecule has 5 heteroatoms. The van der Waals surface area contributed by atoms with Crippen molar-refractivity contribution in [2.45, 2.75) is 6.92 Å². The van der Waals surface area contributed by atoms with E-state index in [9.17, 15) is 4.39 Å². The summed E-state index contributed by atoms with van der Waals surface area (Å²) >= 11 is 0. The summed E-state index contributed by atoms with van der Waals surface area (Å²) in [6.45, 7) is 1.84. The van der Waals surface area contributed by atoms with Gasteiger partial charge in [-0.1, -0.05) is 6.07 Å². The van der Waals surface area contributed by atoms with Gasteiger partial charge in [-0.25, -0.2) is 19.3 Å². The Balaban J connectivity index is 2.20. The molecule has 0 amide bonds. The lowest BCUT2D eigenvalue weighted by molar-refractivity contribution is 0.629. The molecule has 0 bridgehead atoms. The largest absolute Gasteiger partial charge is 0.335 e. The third-order valence-electron chi connectivity index (χ3n) is 2.54. The van der Waals surface area contributed by atoms with Crippen LogP contribution in [0, 0.1) is 12.7 Å². The lowest BCUT2D eigenvalue weighted by Crippen LogP contribution is -1.87. The maximum absolute atomic E-state index is 13.8. The third-order valence-corrected chi connectivity index (χ3v) is 2.54. The second-order valence-electron chi connectivity index (χ2n) is 3.83. The van der Waals surface area contributed by atoms with E-state index in [-0.39, 0.29) is 5.82 Å². The number of rotatable bonds is 1. The summed E-state index contributed by atoms with van der Waals surface area (Å²) in [7, 11) is 0. The molecule has 84 valence electrons. The molecule has 0 saturated heterocycles. The lowest BCUT2D eigenvalue weighted by Gasteiger charge is -1.99. The maximum Gasteiger partial charge on any atom is 0.181 e. The minimum Gasteiger partial charge on any atom is -0.335 e. The van der Waals surface area contributed by atoms with Crippen molar-refractivity contribution in [2.24, 2.45) is 0 Å². The van der Waals surface area contributed by atoms with Crippen LogP contribution in [0.4, 0.5) is 4.39 Å². The smallest absolute Gasteiger partial charge is 0.181 e. The van der Waals surface area contributed by atoms with Gasteiger partial charge in [0.15, 0.2) is 5.65 Å². The van der Waals surface area contributed by atoms with Crippen LogP contribution in [-0.2, 0) is 0 Å². The summed E-state index contributed by atoms with van der Waals surface area (Å²) in [6.07, 6.45) is 3.03. The van der Waals surface area contributed by atoms with Gasteiger partial charge in [0, 0.05) is 0 Å². The van der Waals surface area contributed by atoms with E-state index in [1.165, 1.54) is 12.4 Å². The fourth-order valence-electron chi connectivity index (χ4n) is 1.70. The number of benzene rings is 1. The monoisotopic (exact) mass is 228 g/mol. The zero-order valence-corrected chi connectivity index (χ0v) is 9.11. The molecule has 0 fully saturated rings. The van der Waals surface area contributed by atoms with Gasteiger partial charge < -0.3 is 4.98 Å². The summed E-state index contributed by atoms with van der Waals surface area (Å²) < 4.78 is 13.8. The first kappa shape index (κ1) is 9.89. The van der Waals surface area contributed by atoms with Crippen LogP contribution in [-0.4, -0.2) is 19.9 Å². The molecule has 3 aromatic rings. The average Bonchev–Trinajstić information content (AvgIpc) is 2.72. The molecule has 0 aliphatic heterocycles. The minimum absolute atomic E-state index is 0.294. The van der Waals surface area contributed by atoms with Crippen LogP contribution in [0.2, 0.25) is 0 Å². The van der Waals surface area contributed by atoms with Gasteiger partial charge in [-0.15, -0.1) is 0 Å². The lowest BCUT2D eigenvalue weighted by atomic mass is 10.1. The van der Waals surface area contributed by atoms with Gasteiger partial charge in [0.25, 0.3) is 0 Å².